The van der Waals surface area contributed by atoms with Gasteiger partial charge in [-0.05, 0) is 25.0 Å². The molecule has 5 heteroatoms. The van der Waals surface area contributed by atoms with Gasteiger partial charge in [0.15, 0.2) is 0 Å². The highest BCUT2D eigenvalue weighted by atomic mass is 16.3. The van der Waals surface area contributed by atoms with Crippen molar-refractivity contribution in [1.82, 2.24) is 10.3 Å². The maximum atomic E-state index is 12.1. The Morgan fingerprint density at radius 3 is 2.73 bits per heavy atom. The van der Waals surface area contributed by atoms with E-state index in [0.717, 1.165) is 5.56 Å². The highest BCUT2D eigenvalue weighted by Crippen LogP contribution is 2.20. The Bertz CT molecular complexity index is 656. The molecular weight excluding hydrogens is 278 g/mol. The van der Waals surface area contributed by atoms with Gasteiger partial charge >= 0.3 is 0 Å². The summed E-state index contributed by atoms with van der Waals surface area (Å²) in [4.78, 5) is 14.8. The molecule has 0 spiro atoms. The lowest BCUT2D eigenvalue weighted by Crippen LogP contribution is -2.29. The van der Waals surface area contributed by atoms with Crippen LogP contribution in [0.15, 0.2) is 42.6 Å². The van der Waals surface area contributed by atoms with Crippen LogP contribution in [0.2, 0.25) is 0 Å². The summed E-state index contributed by atoms with van der Waals surface area (Å²) in [6.45, 7) is 2.17. The third-order valence-electron chi connectivity index (χ3n) is 3.47. The second-order valence-electron chi connectivity index (χ2n) is 5.32. The van der Waals surface area contributed by atoms with Gasteiger partial charge in [0.05, 0.1) is 11.7 Å². The number of aromatic amines is 1. The summed E-state index contributed by atoms with van der Waals surface area (Å²) in [5.41, 5.74) is 1.87. The molecule has 0 bridgehead atoms. The zero-order valence-corrected chi connectivity index (χ0v) is 12.4. The zero-order chi connectivity index (χ0) is 15.9. The first-order valence-corrected chi connectivity index (χ1v) is 7.20. The number of amides is 1. The molecule has 0 aliphatic heterocycles. The van der Waals surface area contributed by atoms with E-state index in [2.05, 4.69) is 10.3 Å². The summed E-state index contributed by atoms with van der Waals surface area (Å²) in [5.74, 6) is -0.191. The van der Waals surface area contributed by atoms with Crippen LogP contribution in [0.5, 0.6) is 0 Å². The molecule has 1 aromatic heterocycles. The number of H-pyrrole nitrogens is 1. The standard InChI is InChI=1S/C17H19N3O2/c1-12(21)7-14(13-5-3-2-4-6-13)10-20-17(22)15-8-16(9-18)19-11-15/h2-6,8,11-12,14,19,21H,7,10H2,1H3,(H,20,22). The highest BCUT2D eigenvalue weighted by Gasteiger charge is 2.16. The van der Waals surface area contributed by atoms with Gasteiger partial charge in [0.2, 0.25) is 0 Å². The van der Waals surface area contributed by atoms with E-state index in [1.165, 1.54) is 12.3 Å². The van der Waals surface area contributed by atoms with E-state index in [0.29, 0.717) is 24.2 Å². The average molecular weight is 297 g/mol. The molecule has 1 amide bonds. The fourth-order valence-electron chi connectivity index (χ4n) is 2.38. The molecular formula is C17H19N3O2. The van der Waals surface area contributed by atoms with Crippen LogP contribution in [0, 0.1) is 11.3 Å². The number of nitrogens with one attached hydrogen (secondary N) is 2. The van der Waals surface area contributed by atoms with Crippen LogP contribution < -0.4 is 5.32 Å². The number of benzene rings is 1. The van der Waals surface area contributed by atoms with Crippen molar-refractivity contribution >= 4 is 5.91 Å². The van der Waals surface area contributed by atoms with Crippen LogP contribution in [0.25, 0.3) is 0 Å². The van der Waals surface area contributed by atoms with Gasteiger partial charge in [-0.2, -0.15) is 5.26 Å². The molecule has 22 heavy (non-hydrogen) atoms. The fraction of sp³-hybridized carbons (Fsp3) is 0.294. The van der Waals surface area contributed by atoms with Gasteiger partial charge in [-0.1, -0.05) is 30.3 Å². The van der Waals surface area contributed by atoms with Crippen LogP contribution >= 0.6 is 0 Å². The van der Waals surface area contributed by atoms with E-state index < -0.39 is 6.10 Å². The number of aliphatic hydroxyl groups excluding tert-OH is 1. The minimum absolute atomic E-state index is 0.0412. The van der Waals surface area contributed by atoms with E-state index >= 15 is 0 Å². The first kappa shape index (κ1) is 15.8. The molecule has 1 aromatic carbocycles. The molecule has 0 fully saturated rings. The number of hydrogen-bond acceptors (Lipinski definition) is 3. The van der Waals surface area contributed by atoms with Gasteiger partial charge in [-0.15, -0.1) is 0 Å². The van der Waals surface area contributed by atoms with Crippen LogP contribution in [-0.4, -0.2) is 28.6 Å². The normalized spacial score (nSPS) is 13.1. The van der Waals surface area contributed by atoms with Crippen LogP contribution in [0.3, 0.4) is 0 Å². The lowest BCUT2D eigenvalue weighted by molar-refractivity contribution is 0.0946. The van der Waals surface area contributed by atoms with Gasteiger partial charge < -0.3 is 15.4 Å². The quantitative estimate of drug-likeness (QED) is 0.763. The van der Waals surface area contributed by atoms with Gasteiger partial charge in [0.25, 0.3) is 5.91 Å². The third-order valence-corrected chi connectivity index (χ3v) is 3.47. The van der Waals surface area contributed by atoms with Crippen molar-refractivity contribution in [3.05, 3.63) is 59.4 Å². The van der Waals surface area contributed by atoms with Gasteiger partial charge in [-0.25, -0.2) is 0 Å². The smallest absolute Gasteiger partial charge is 0.252 e. The van der Waals surface area contributed by atoms with E-state index in [-0.39, 0.29) is 11.8 Å². The Hall–Kier alpha value is -2.58. The lowest BCUT2D eigenvalue weighted by atomic mass is 9.93. The lowest BCUT2D eigenvalue weighted by Gasteiger charge is -2.19. The minimum atomic E-state index is -0.445. The minimum Gasteiger partial charge on any atom is -0.393 e. The van der Waals surface area contributed by atoms with Crippen LogP contribution in [0.1, 0.15) is 40.9 Å². The Labute approximate surface area is 129 Å². The number of aromatic nitrogens is 1. The molecule has 2 unspecified atom stereocenters. The van der Waals surface area contributed by atoms with E-state index in [1.807, 2.05) is 36.4 Å². The molecule has 0 aliphatic carbocycles. The van der Waals surface area contributed by atoms with E-state index in [1.54, 1.807) is 6.92 Å². The summed E-state index contributed by atoms with van der Waals surface area (Å²) in [6, 6.07) is 13.3. The molecule has 0 saturated heterocycles. The van der Waals surface area contributed by atoms with Crippen molar-refractivity contribution < 1.29 is 9.90 Å². The monoisotopic (exact) mass is 297 g/mol. The number of carbonyl (C=O) groups is 1. The number of rotatable bonds is 6. The van der Waals surface area contributed by atoms with Crippen molar-refractivity contribution in [2.45, 2.75) is 25.4 Å². The summed E-state index contributed by atoms with van der Waals surface area (Å²) in [7, 11) is 0. The molecule has 3 N–H and O–H groups in total. The van der Waals surface area contributed by atoms with Gasteiger partial charge in [-0.3, -0.25) is 4.79 Å². The number of hydrogen-bond donors (Lipinski definition) is 3. The Balaban J connectivity index is 2.02. The van der Waals surface area contributed by atoms with E-state index in [4.69, 9.17) is 5.26 Å². The van der Waals surface area contributed by atoms with Crippen LogP contribution in [-0.2, 0) is 0 Å². The summed E-state index contributed by atoms with van der Waals surface area (Å²) in [5, 5.41) is 21.3. The second-order valence-corrected chi connectivity index (χ2v) is 5.32. The Kier molecular flexibility index (Phi) is 5.34. The second kappa shape index (κ2) is 7.43. The number of carbonyl (C=O) groups excluding carboxylic acids is 1. The Morgan fingerprint density at radius 1 is 1.41 bits per heavy atom. The first-order valence-electron chi connectivity index (χ1n) is 7.20. The SMILES string of the molecule is CC(O)CC(CNC(=O)c1c[nH]c(C#N)c1)c1ccccc1. The molecule has 5 nitrogen and oxygen atoms in total. The average Bonchev–Trinajstić information content (AvgIpc) is 3.01. The summed E-state index contributed by atoms with van der Waals surface area (Å²) in [6.07, 6.45) is 1.64. The van der Waals surface area contributed by atoms with Crippen LogP contribution in [0.4, 0.5) is 0 Å². The van der Waals surface area contributed by atoms with Gasteiger partial charge in [0.1, 0.15) is 11.8 Å². The van der Waals surface area contributed by atoms with E-state index in [9.17, 15) is 9.90 Å². The maximum absolute atomic E-state index is 12.1. The zero-order valence-electron chi connectivity index (χ0n) is 12.4. The molecule has 1 heterocycles. The molecule has 0 radical (unpaired) electrons. The largest absolute Gasteiger partial charge is 0.393 e. The van der Waals surface area contributed by atoms with Crippen molar-refractivity contribution in [3.8, 4) is 6.07 Å². The molecule has 0 aliphatic rings. The number of nitriles is 1. The predicted molar refractivity (Wildman–Crippen MR) is 83.3 cm³/mol. The number of aliphatic hydroxyl groups is 1. The third kappa shape index (κ3) is 4.21. The van der Waals surface area contributed by atoms with Crippen molar-refractivity contribution in [3.63, 3.8) is 0 Å². The fourth-order valence-corrected chi connectivity index (χ4v) is 2.38. The number of nitrogens with zero attached hydrogens (tertiary/aromatic N) is 1. The van der Waals surface area contributed by atoms with Crippen molar-refractivity contribution in [2.75, 3.05) is 6.54 Å². The van der Waals surface area contributed by atoms with Gasteiger partial charge in [0, 0.05) is 18.7 Å². The summed E-state index contributed by atoms with van der Waals surface area (Å²) < 4.78 is 0. The molecule has 2 atom stereocenters. The van der Waals surface area contributed by atoms with Crippen molar-refractivity contribution in [2.24, 2.45) is 0 Å². The Morgan fingerprint density at radius 2 is 2.14 bits per heavy atom. The molecule has 0 saturated carbocycles. The summed E-state index contributed by atoms with van der Waals surface area (Å²) >= 11 is 0. The maximum Gasteiger partial charge on any atom is 0.252 e. The molecule has 2 rings (SSSR count). The predicted octanol–water partition coefficient (Wildman–Crippen LogP) is 2.17. The topological polar surface area (TPSA) is 88.9 Å². The molecule has 2 aromatic rings. The first-order chi connectivity index (χ1) is 10.6. The van der Waals surface area contributed by atoms with Crippen molar-refractivity contribution in [1.29, 1.82) is 5.26 Å². The highest BCUT2D eigenvalue weighted by molar-refractivity contribution is 5.94. The molecule has 114 valence electrons.